The van der Waals surface area contributed by atoms with Crippen LogP contribution in [0.25, 0.3) is 0 Å². The topological polar surface area (TPSA) is 60.2 Å². The van der Waals surface area contributed by atoms with Crippen LogP contribution >= 0.6 is 0 Å². The highest BCUT2D eigenvalue weighted by molar-refractivity contribution is 5.95. The number of hydrogen-bond acceptors (Lipinski definition) is 4. The Bertz CT molecular complexity index is 676. The number of carbonyl (C=O) groups excluding carboxylic acids is 1. The zero-order valence-corrected chi connectivity index (χ0v) is 14.3. The van der Waals surface area contributed by atoms with Gasteiger partial charge in [-0.25, -0.2) is 0 Å². The lowest BCUT2D eigenvalue weighted by molar-refractivity contribution is 0.0594. The minimum atomic E-state index is 0.0784. The Morgan fingerprint density at radius 1 is 1.38 bits per heavy atom. The molecule has 0 radical (unpaired) electrons. The second kappa shape index (κ2) is 7.47. The number of rotatable bonds is 5. The van der Waals surface area contributed by atoms with Crippen LogP contribution in [0.3, 0.4) is 0 Å². The van der Waals surface area contributed by atoms with Crippen molar-refractivity contribution in [1.29, 1.82) is 0 Å². The molecule has 0 unspecified atom stereocenters. The molecule has 0 aliphatic carbocycles. The molecule has 3 rings (SSSR count). The zero-order valence-electron chi connectivity index (χ0n) is 14.3. The molecule has 1 aliphatic heterocycles. The molecule has 1 aliphatic rings. The number of amides is 1. The van der Waals surface area contributed by atoms with Crippen molar-refractivity contribution in [2.24, 2.45) is 0 Å². The van der Waals surface area contributed by atoms with Crippen LogP contribution in [-0.2, 0) is 6.54 Å². The van der Waals surface area contributed by atoms with Gasteiger partial charge in [-0.05, 0) is 25.5 Å². The maximum absolute atomic E-state index is 12.7. The third-order valence-electron chi connectivity index (χ3n) is 4.30. The molecular weight excluding hydrogens is 304 g/mol. The average Bonchev–Trinajstić information content (AvgIpc) is 2.97. The Morgan fingerprint density at radius 3 is 2.83 bits per heavy atom. The molecule has 2 aromatic rings. The molecular formula is C18H24N4O2. The smallest absolute Gasteiger partial charge is 0.257 e. The van der Waals surface area contributed by atoms with E-state index in [1.165, 1.54) is 0 Å². The van der Waals surface area contributed by atoms with Gasteiger partial charge in [-0.3, -0.25) is 14.5 Å². The maximum atomic E-state index is 12.7. The van der Waals surface area contributed by atoms with E-state index < -0.39 is 0 Å². The maximum Gasteiger partial charge on any atom is 0.257 e. The van der Waals surface area contributed by atoms with Crippen LogP contribution in [-0.4, -0.2) is 44.8 Å². The van der Waals surface area contributed by atoms with Crippen molar-refractivity contribution in [3.63, 3.8) is 0 Å². The summed E-state index contributed by atoms with van der Waals surface area (Å²) in [7, 11) is 0. The summed E-state index contributed by atoms with van der Waals surface area (Å²) in [5.74, 6) is 0.869. The summed E-state index contributed by atoms with van der Waals surface area (Å²) >= 11 is 0. The van der Waals surface area contributed by atoms with Crippen molar-refractivity contribution in [2.75, 3.05) is 13.1 Å². The van der Waals surface area contributed by atoms with Gasteiger partial charge in [0, 0.05) is 44.9 Å². The van der Waals surface area contributed by atoms with Gasteiger partial charge in [0.05, 0.1) is 17.5 Å². The van der Waals surface area contributed by atoms with E-state index >= 15 is 0 Å². The fourth-order valence-corrected chi connectivity index (χ4v) is 3.03. The first-order valence-corrected chi connectivity index (χ1v) is 8.57. The van der Waals surface area contributed by atoms with Crippen LogP contribution in [0.5, 0.6) is 5.75 Å². The van der Waals surface area contributed by atoms with Gasteiger partial charge < -0.3 is 9.64 Å². The number of pyridine rings is 1. The highest BCUT2D eigenvalue weighted by atomic mass is 16.5. The number of aryl methyl sites for hydroxylation is 2. The van der Waals surface area contributed by atoms with Crippen molar-refractivity contribution in [3.05, 3.63) is 42.0 Å². The highest BCUT2D eigenvalue weighted by Crippen LogP contribution is 2.20. The van der Waals surface area contributed by atoms with E-state index in [0.717, 1.165) is 42.8 Å². The van der Waals surface area contributed by atoms with Gasteiger partial charge in [0.25, 0.3) is 5.91 Å². The molecule has 2 aromatic heterocycles. The fourth-order valence-electron chi connectivity index (χ4n) is 3.03. The van der Waals surface area contributed by atoms with Gasteiger partial charge in [-0.1, -0.05) is 6.92 Å². The van der Waals surface area contributed by atoms with E-state index in [1.54, 1.807) is 12.4 Å². The Balaban J connectivity index is 1.57. The van der Waals surface area contributed by atoms with Crippen molar-refractivity contribution in [1.82, 2.24) is 19.7 Å². The summed E-state index contributed by atoms with van der Waals surface area (Å²) in [6.07, 6.45) is 8.15. The van der Waals surface area contributed by atoms with Crippen molar-refractivity contribution in [3.8, 4) is 5.75 Å². The van der Waals surface area contributed by atoms with Crippen LogP contribution in [0.4, 0.5) is 0 Å². The molecule has 1 saturated heterocycles. The van der Waals surface area contributed by atoms with Crippen molar-refractivity contribution < 1.29 is 9.53 Å². The van der Waals surface area contributed by atoms with Gasteiger partial charge in [-0.15, -0.1) is 0 Å². The number of carbonyl (C=O) groups is 1. The van der Waals surface area contributed by atoms with Crippen LogP contribution < -0.4 is 4.74 Å². The molecule has 0 N–H and O–H groups in total. The number of likely N-dealkylation sites (tertiary alicyclic amines) is 1. The predicted octanol–water partition coefficient (Wildman–Crippen LogP) is 2.68. The molecule has 24 heavy (non-hydrogen) atoms. The molecule has 0 atom stereocenters. The van der Waals surface area contributed by atoms with Crippen LogP contribution in [0.1, 0.15) is 42.2 Å². The summed E-state index contributed by atoms with van der Waals surface area (Å²) in [5, 5.41) is 4.42. The van der Waals surface area contributed by atoms with Gasteiger partial charge in [-0.2, -0.15) is 5.10 Å². The lowest BCUT2D eigenvalue weighted by atomic mass is 10.1. The molecule has 128 valence electrons. The standard InChI is InChI=1S/C18H24N4O2/c1-3-9-22-13-17(14(2)20-22)18(23)21-10-6-15(7-11-21)24-16-5-4-8-19-12-16/h4-5,8,12-13,15H,3,6-7,9-11H2,1-2H3. The quantitative estimate of drug-likeness (QED) is 0.847. The van der Waals surface area contributed by atoms with E-state index in [9.17, 15) is 4.79 Å². The second-order valence-corrected chi connectivity index (χ2v) is 6.19. The summed E-state index contributed by atoms with van der Waals surface area (Å²) in [6, 6.07) is 3.78. The number of aromatic nitrogens is 3. The van der Waals surface area contributed by atoms with Gasteiger partial charge in [0.2, 0.25) is 0 Å². The molecule has 6 nitrogen and oxygen atoms in total. The Morgan fingerprint density at radius 2 is 2.17 bits per heavy atom. The predicted molar refractivity (Wildman–Crippen MR) is 91.0 cm³/mol. The second-order valence-electron chi connectivity index (χ2n) is 6.19. The summed E-state index contributed by atoms with van der Waals surface area (Å²) in [6.45, 7) is 6.27. The van der Waals surface area contributed by atoms with E-state index in [-0.39, 0.29) is 12.0 Å². The van der Waals surface area contributed by atoms with E-state index in [1.807, 2.05) is 34.8 Å². The normalized spacial score (nSPS) is 15.5. The first kappa shape index (κ1) is 16.5. The molecule has 0 saturated carbocycles. The van der Waals surface area contributed by atoms with Gasteiger partial charge in [0.1, 0.15) is 11.9 Å². The van der Waals surface area contributed by atoms with Crippen molar-refractivity contribution in [2.45, 2.75) is 45.8 Å². The molecule has 1 amide bonds. The monoisotopic (exact) mass is 328 g/mol. The van der Waals surface area contributed by atoms with Crippen LogP contribution in [0.2, 0.25) is 0 Å². The van der Waals surface area contributed by atoms with E-state index in [0.29, 0.717) is 13.1 Å². The number of nitrogens with zero attached hydrogens (tertiary/aromatic N) is 4. The Labute approximate surface area is 142 Å². The number of hydrogen-bond donors (Lipinski definition) is 0. The molecule has 6 heteroatoms. The third-order valence-corrected chi connectivity index (χ3v) is 4.30. The minimum absolute atomic E-state index is 0.0784. The highest BCUT2D eigenvalue weighted by Gasteiger charge is 2.26. The summed E-state index contributed by atoms with van der Waals surface area (Å²) in [5.41, 5.74) is 1.53. The fraction of sp³-hybridized carbons (Fsp3) is 0.500. The van der Waals surface area contributed by atoms with E-state index in [2.05, 4.69) is 17.0 Å². The lowest BCUT2D eigenvalue weighted by Gasteiger charge is -2.32. The van der Waals surface area contributed by atoms with Gasteiger partial charge >= 0.3 is 0 Å². The van der Waals surface area contributed by atoms with E-state index in [4.69, 9.17) is 4.74 Å². The lowest BCUT2D eigenvalue weighted by Crippen LogP contribution is -2.41. The Kier molecular flexibility index (Phi) is 5.13. The molecule has 0 bridgehead atoms. The minimum Gasteiger partial charge on any atom is -0.489 e. The molecule has 1 fully saturated rings. The third kappa shape index (κ3) is 3.75. The average molecular weight is 328 g/mol. The number of ether oxygens (including phenoxy) is 1. The largest absolute Gasteiger partial charge is 0.489 e. The first-order valence-electron chi connectivity index (χ1n) is 8.57. The molecule has 0 spiro atoms. The molecule has 3 heterocycles. The SMILES string of the molecule is CCCn1cc(C(=O)N2CCC(Oc3cccnc3)CC2)c(C)n1. The van der Waals surface area contributed by atoms with Crippen LogP contribution in [0.15, 0.2) is 30.7 Å². The van der Waals surface area contributed by atoms with Gasteiger partial charge in [0.15, 0.2) is 0 Å². The summed E-state index contributed by atoms with van der Waals surface area (Å²) < 4.78 is 7.79. The van der Waals surface area contributed by atoms with Crippen molar-refractivity contribution >= 4 is 5.91 Å². The number of piperidine rings is 1. The summed E-state index contributed by atoms with van der Waals surface area (Å²) in [4.78, 5) is 18.7. The van der Waals surface area contributed by atoms with Crippen LogP contribution in [0, 0.1) is 6.92 Å². The zero-order chi connectivity index (χ0) is 16.9. The Hall–Kier alpha value is -2.37. The molecule has 0 aromatic carbocycles. The first-order chi connectivity index (χ1) is 11.7.